The lowest BCUT2D eigenvalue weighted by molar-refractivity contribution is -0.387. The average Bonchev–Trinajstić information content (AvgIpc) is 2.78. The number of rotatable bonds is 4. The zero-order valence-electron chi connectivity index (χ0n) is 11.1. The Morgan fingerprint density at radius 2 is 1.90 bits per heavy atom. The minimum atomic E-state index is -4.16. The summed E-state index contributed by atoms with van der Waals surface area (Å²) in [5, 5.41) is 32.6. The number of nitrogens with one attached hydrogen (secondary N) is 1. The molecule has 0 radical (unpaired) electrons. The van der Waals surface area contributed by atoms with Crippen molar-refractivity contribution in [2.24, 2.45) is 0 Å². The molecule has 1 fully saturated rings. The van der Waals surface area contributed by atoms with Crippen molar-refractivity contribution in [2.45, 2.75) is 17.1 Å². The van der Waals surface area contributed by atoms with Gasteiger partial charge in [-0.1, -0.05) is 0 Å². The topological polar surface area (TPSA) is 133 Å². The van der Waals surface area contributed by atoms with E-state index in [1.165, 1.54) is 6.07 Å². The molecular weight excluding hydrogens is 302 g/mol. The molecule has 0 amide bonds. The Hall–Kier alpha value is -1.75. The molecule has 1 aromatic carbocycles. The number of aliphatic hydroxyl groups excluding tert-OH is 2. The minimum Gasteiger partial charge on any atom is -0.389 e. The van der Waals surface area contributed by atoms with Crippen LogP contribution in [0.2, 0.25) is 0 Å². The Kier molecular flexibility index (Phi) is 4.14. The number of anilines is 1. The van der Waals surface area contributed by atoms with Gasteiger partial charge in [0, 0.05) is 31.9 Å². The number of β-amino-alcohol motifs (C(OH)–C–C–N with tert-alkyl or cyclic N) is 2. The summed E-state index contributed by atoms with van der Waals surface area (Å²) < 4.78 is 25.7. The third-order valence-corrected chi connectivity index (χ3v) is 5.17. The first-order valence-corrected chi connectivity index (χ1v) is 7.54. The summed E-state index contributed by atoms with van der Waals surface area (Å²) in [5.74, 6) is 0. The molecule has 116 valence electrons. The van der Waals surface area contributed by atoms with E-state index >= 15 is 0 Å². The van der Waals surface area contributed by atoms with E-state index in [4.69, 9.17) is 0 Å². The first-order valence-electron chi connectivity index (χ1n) is 6.10. The molecule has 2 unspecified atom stereocenters. The van der Waals surface area contributed by atoms with E-state index in [9.17, 15) is 28.7 Å². The number of nitrogens with zero attached hydrogens (tertiary/aromatic N) is 2. The number of hydrogen-bond donors (Lipinski definition) is 3. The highest BCUT2D eigenvalue weighted by atomic mass is 32.2. The predicted octanol–water partition coefficient (Wildman–Crippen LogP) is -0.637. The molecule has 10 heteroatoms. The summed E-state index contributed by atoms with van der Waals surface area (Å²) in [7, 11) is -2.61. The van der Waals surface area contributed by atoms with Gasteiger partial charge in [0.2, 0.25) is 10.0 Å². The zero-order valence-corrected chi connectivity index (χ0v) is 11.9. The van der Waals surface area contributed by atoms with Crippen molar-refractivity contribution in [3.05, 3.63) is 28.3 Å². The van der Waals surface area contributed by atoms with Crippen molar-refractivity contribution in [2.75, 3.05) is 25.5 Å². The number of benzene rings is 1. The summed E-state index contributed by atoms with van der Waals surface area (Å²) in [6, 6.07) is 3.66. The predicted molar refractivity (Wildman–Crippen MR) is 73.4 cm³/mol. The molecule has 9 nitrogen and oxygen atoms in total. The van der Waals surface area contributed by atoms with Crippen molar-refractivity contribution in [3.8, 4) is 0 Å². The van der Waals surface area contributed by atoms with E-state index in [0.717, 1.165) is 16.4 Å². The van der Waals surface area contributed by atoms with Crippen LogP contribution in [0.15, 0.2) is 23.1 Å². The lowest BCUT2D eigenvalue weighted by Crippen LogP contribution is -2.30. The van der Waals surface area contributed by atoms with Crippen LogP contribution in [-0.2, 0) is 10.0 Å². The molecule has 0 bridgehead atoms. The van der Waals surface area contributed by atoms with E-state index in [0.29, 0.717) is 5.69 Å². The first-order chi connectivity index (χ1) is 9.77. The number of nitro groups is 1. The van der Waals surface area contributed by atoms with Crippen LogP contribution in [-0.4, -0.2) is 60.2 Å². The molecule has 1 heterocycles. The molecule has 0 spiro atoms. The van der Waals surface area contributed by atoms with E-state index in [1.54, 1.807) is 7.05 Å². The maximum Gasteiger partial charge on any atom is 0.291 e. The Morgan fingerprint density at radius 1 is 1.33 bits per heavy atom. The largest absolute Gasteiger partial charge is 0.389 e. The van der Waals surface area contributed by atoms with Crippen LogP contribution >= 0.6 is 0 Å². The molecule has 3 N–H and O–H groups in total. The fraction of sp³-hybridized carbons (Fsp3) is 0.455. The van der Waals surface area contributed by atoms with Gasteiger partial charge in [0.15, 0.2) is 4.90 Å². The van der Waals surface area contributed by atoms with E-state index in [2.05, 4.69) is 5.32 Å². The van der Waals surface area contributed by atoms with Crippen molar-refractivity contribution in [1.82, 2.24) is 4.31 Å². The minimum absolute atomic E-state index is 0.297. The van der Waals surface area contributed by atoms with Gasteiger partial charge in [-0.15, -0.1) is 0 Å². The second kappa shape index (κ2) is 5.56. The van der Waals surface area contributed by atoms with Gasteiger partial charge < -0.3 is 15.5 Å². The monoisotopic (exact) mass is 317 g/mol. The second-order valence-electron chi connectivity index (χ2n) is 4.65. The highest BCUT2D eigenvalue weighted by Crippen LogP contribution is 2.31. The summed E-state index contributed by atoms with van der Waals surface area (Å²) in [6.07, 6.45) is -2.40. The second-order valence-corrected chi connectivity index (χ2v) is 6.55. The van der Waals surface area contributed by atoms with E-state index < -0.39 is 37.7 Å². The number of nitro benzene ring substituents is 1. The van der Waals surface area contributed by atoms with Crippen LogP contribution in [0.1, 0.15) is 0 Å². The molecule has 1 aliphatic heterocycles. The maximum absolute atomic E-state index is 12.4. The zero-order chi connectivity index (χ0) is 15.8. The van der Waals surface area contributed by atoms with Gasteiger partial charge in [0.1, 0.15) is 0 Å². The van der Waals surface area contributed by atoms with Crippen LogP contribution in [0.25, 0.3) is 0 Å². The van der Waals surface area contributed by atoms with Crippen LogP contribution in [0, 0.1) is 10.1 Å². The third kappa shape index (κ3) is 2.83. The maximum atomic E-state index is 12.4. The summed E-state index contributed by atoms with van der Waals surface area (Å²) in [6.45, 7) is -0.594. The van der Waals surface area contributed by atoms with E-state index in [1.807, 2.05) is 0 Å². The summed E-state index contributed by atoms with van der Waals surface area (Å²) in [5.41, 5.74) is -0.153. The Labute approximate surface area is 121 Å². The molecular formula is C11H15N3O6S. The summed E-state index contributed by atoms with van der Waals surface area (Å²) in [4.78, 5) is 9.83. The van der Waals surface area contributed by atoms with Gasteiger partial charge in [-0.2, -0.15) is 4.31 Å². The fourth-order valence-corrected chi connectivity index (χ4v) is 3.72. The number of hydrogen-bond acceptors (Lipinski definition) is 7. The van der Waals surface area contributed by atoms with Crippen LogP contribution in [0.3, 0.4) is 0 Å². The lowest BCUT2D eigenvalue weighted by atomic mass is 10.3. The highest BCUT2D eigenvalue weighted by Gasteiger charge is 2.40. The quantitative estimate of drug-likeness (QED) is 0.497. The van der Waals surface area contributed by atoms with Crippen LogP contribution in [0.5, 0.6) is 0 Å². The Bertz CT molecular complexity index is 652. The SMILES string of the molecule is CNc1ccc(S(=O)(=O)N2CC(O)C(O)C2)c([N+](=O)[O-])c1. The Morgan fingerprint density at radius 3 is 2.38 bits per heavy atom. The smallest absolute Gasteiger partial charge is 0.291 e. The van der Waals surface area contributed by atoms with Crippen molar-refractivity contribution in [3.63, 3.8) is 0 Å². The molecule has 0 aromatic heterocycles. The Balaban J connectivity index is 2.48. The molecule has 1 saturated heterocycles. The molecule has 2 rings (SSSR count). The number of aliphatic hydroxyl groups is 2. The number of sulfonamides is 1. The van der Waals surface area contributed by atoms with E-state index in [-0.39, 0.29) is 13.1 Å². The third-order valence-electron chi connectivity index (χ3n) is 3.29. The van der Waals surface area contributed by atoms with Gasteiger partial charge in [-0.25, -0.2) is 8.42 Å². The first kappa shape index (κ1) is 15.6. The molecule has 21 heavy (non-hydrogen) atoms. The molecule has 1 aromatic rings. The molecule has 0 saturated carbocycles. The van der Waals surface area contributed by atoms with Gasteiger partial charge in [0.25, 0.3) is 5.69 Å². The van der Waals surface area contributed by atoms with Gasteiger partial charge in [0.05, 0.1) is 17.1 Å². The molecule has 2 atom stereocenters. The standard InChI is InChI=1S/C11H15N3O6S/c1-12-7-2-3-11(8(4-7)14(17)18)21(19,20)13-5-9(15)10(16)6-13/h2-4,9-10,12,15-16H,5-6H2,1H3. The van der Waals surface area contributed by atoms with Gasteiger partial charge in [-0.05, 0) is 12.1 Å². The van der Waals surface area contributed by atoms with Crippen molar-refractivity contribution < 1.29 is 23.6 Å². The molecule has 1 aliphatic rings. The average molecular weight is 317 g/mol. The fourth-order valence-electron chi connectivity index (χ4n) is 2.10. The van der Waals surface area contributed by atoms with Crippen LogP contribution < -0.4 is 5.32 Å². The van der Waals surface area contributed by atoms with Gasteiger partial charge in [-0.3, -0.25) is 10.1 Å². The normalized spacial score (nSPS) is 23.2. The van der Waals surface area contributed by atoms with Gasteiger partial charge >= 0.3 is 0 Å². The lowest BCUT2D eigenvalue weighted by Gasteiger charge is -2.16. The van der Waals surface area contributed by atoms with Crippen molar-refractivity contribution >= 4 is 21.4 Å². The molecule has 0 aliphatic carbocycles. The summed E-state index contributed by atoms with van der Waals surface area (Å²) >= 11 is 0. The van der Waals surface area contributed by atoms with Crippen molar-refractivity contribution in [1.29, 1.82) is 0 Å². The van der Waals surface area contributed by atoms with Crippen LogP contribution in [0.4, 0.5) is 11.4 Å². The highest BCUT2D eigenvalue weighted by molar-refractivity contribution is 7.89.